The number of ether oxygens (including phenoxy) is 1. The van der Waals surface area contributed by atoms with E-state index in [1.807, 2.05) is 32.0 Å². The maximum absolute atomic E-state index is 9.77. The highest BCUT2D eigenvalue weighted by molar-refractivity contribution is 6.61. The van der Waals surface area contributed by atoms with Crippen LogP contribution in [0.3, 0.4) is 0 Å². The first-order valence-corrected chi connectivity index (χ1v) is 5.19. The van der Waals surface area contributed by atoms with E-state index >= 15 is 0 Å². The highest BCUT2D eigenvalue weighted by Gasteiger charge is 2.30. The number of hydrogen-bond acceptors (Lipinski definition) is 4. The number of hydrogen-bond donors (Lipinski definition) is 1. The summed E-state index contributed by atoms with van der Waals surface area (Å²) < 4.78 is 10.4. The molecule has 0 saturated carbocycles. The van der Waals surface area contributed by atoms with Crippen LogP contribution in [0, 0.1) is 0 Å². The maximum atomic E-state index is 9.77. The van der Waals surface area contributed by atoms with Crippen molar-refractivity contribution in [3.8, 4) is 0 Å². The summed E-state index contributed by atoms with van der Waals surface area (Å²) in [6, 6.07) is 9.12. The van der Waals surface area contributed by atoms with Crippen LogP contribution in [0.1, 0.15) is 13.8 Å². The Labute approximate surface area is 95.1 Å². The van der Waals surface area contributed by atoms with Crippen LogP contribution in [0.5, 0.6) is 0 Å². The van der Waals surface area contributed by atoms with Gasteiger partial charge < -0.3 is 14.4 Å². The lowest BCUT2D eigenvalue weighted by Gasteiger charge is -2.08. The normalized spacial score (nSPS) is 17.6. The molecule has 0 amide bonds. The van der Waals surface area contributed by atoms with Gasteiger partial charge in [-0.2, -0.15) is 0 Å². The summed E-state index contributed by atoms with van der Waals surface area (Å²) in [6.07, 6.45) is 0.154. The molecule has 2 rings (SSSR count). The van der Waals surface area contributed by atoms with E-state index in [9.17, 15) is 5.02 Å². The zero-order valence-electron chi connectivity index (χ0n) is 9.38. The van der Waals surface area contributed by atoms with Gasteiger partial charge in [0.25, 0.3) is 0 Å². The zero-order valence-corrected chi connectivity index (χ0v) is 9.38. The molecule has 1 aromatic rings. The smallest absolute Gasteiger partial charge is 0.490 e. The van der Waals surface area contributed by atoms with Gasteiger partial charge in [-0.15, -0.1) is 0 Å². The molecule has 0 aliphatic carbocycles. The van der Waals surface area contributed by atoms with E-state index in [-0.39, 0.29) is 11.6 Å². The molecular weight excluding hydrogens is 205 g/mol. The molecule has 5 heteroatoms. The highest BCUT2D eigenvalue weighted by Crippen LogP contribution is 2.17. The number of benzene rings is 1. The summed E-state index contributed by atoms with van der Waals surface area (Å²) in [5.74, 6) is 0. The Hall–Kier alpha value is -1.49. The van der Waals surface area contributed by atoms with Gasteiger partial charge in [0.15, 0.2) is 0 Å². The Morgan fingerprint density at radius 1 is 1.38 bits per heavy atom. The first kappa shape index (κ1) is 11.0. The van der Waals surface area contributed by atoms with E-state index in [2.05, 4.69) is 4.99 Å². The lowest BCUT2D eigenvalue weighted by atomic mass is 9.80. The summed E-state index contributed by atoms with van der Waals surface area (Å²) in [5.41, 5.74) is 0.407. The maximum Gasteiger partial charge on any atom is 0.563 e. The molecule has 1 aliphatic rings. The van der Waals surface area contributed by atoms with Crippen LogP contribution in [0.2, 0.25) is 0 Å². The molecule has 0 saturated heterocycles. The molecule has 0 fully saturated rings. The van der Waals surface area contributed by atoms with Gasteiger partial charge in [0.05, 0.1) is 5.54 Å². The monoisotopic (exact) mass is 219 g/mol. The Morgan fingerprint density at radius 3 is 2.62 bits per heavy atom. The summed E-state index contributed by atoms with van der Waals surface area (Å²) in [5, 5.41) is 9.77. The van der Waals surface area contributed by atoms with Crippen LogP contribution in [-0.2, 0) is 9.39 Å². The second-order valence-corrected chi connectivity index (χ2v) is 4.36. The Balaban J connectivity index is 2.01. The van der Waals surface area contributed by atoms with Gasteiger partial charge in [-0.05, 0) is 19.3 Å². The molecule has 0 aromatic heterocycles. The highest BCUT2D eigenvalue weighted by atomic mass is 16.7. The molecule has 0 spiro atoms. The standard InChI is InChI=1S/C11H14BNO3/c1-11(2)8-15-10(13-11)16-12(14)9-6-4-3-5-7-9/h3-7,14H,8H2,1-2H3. The third-order valence-electron chi connectivity index (χ3n) is 2.24. The van der Waals surface area contributed by atoms with E-state index in [4.69, 9.17) is 9.39 Å². The predicted octanol–water partition coefficient (Wildman–Crippen LogP) is 0.555. The predicted molar refractivity (Wildman–Crippen MR) is 62.6 cm³/mol. The van der Waals surface area contributed by atoms with E-state index in [0.717, 1.165) is 0 Å². The van der Waals surface area contributed by atoms with Crippen LogP contribution in [0.4, 0.5) is 0 Å². The van der Waals surface area contributed by atoms with E-state index in [1.165, 1.54) is 0 Å². The number of rotatable bonds is 2. The fourth-order valence-corrected chi connectivity index (χ4v) is 1.39. The molecular formula is C11H14BNO3. The van der Waals surface area contributed by atoms with E-state index < -0.39 is 7.12 Å². The minimum absolute atomic E-state index is 0.154. The van der Waals surface area contributed by atoms with Gasteiger partial charge in [0.1, 0.15) is 6.61 Å². The summed E-state index contributed by atoms with van der Waals surface area (Å²) in [7, 11) is -1.03. The summed E-state index contributed by atoms with van der Waals surface area (Å²) in [6.45, 7) is 4.36. The van der Waals surface area contributed by atoms with E-state index in [0.29, 0.717) is 12.1 Å². The lowest BCUT2D eigenvalue weighted by Crippen LogP contribution is -2.35. The van der Waals surface area contributed by atoms with Crippen LogP contribution in [0.25, 0.3) is 0 Å². The Kier molecular flexibility index (Phi) is 2.87. The molecule has 1 heterocycles. The van der Waals surface area contributed by atoms with Crippen molar-refractivity contribution in [2.75, 3.05) is 6.61 Å². The Morgan fingerprint density at radius 2 is 2.06 bits per heavy atom. The molecule has 16 heavy (non-hydrogen) atoms. The summed E-state index contributed by atoms with van der Waals surface area (Å²) in [4.78, 5) is 4.20. The quantitative estimate of drug-likeness (QED) is 0.739. The van der Waals surface area contributed by atoms with Gasteiger partial charge in [-0.25, -0.2) is 4.99 Å². The third-order valence-corrected chi connectivity index (χ3v) is 2.24. The van der Waals surface area contributed by atoms with Crippen molar-refractivity contribution in [3.05, 3.63) is 30.3 Å². The van der Waals surface area contributed by atoms with Gasteiger partial charge in [-0.1, -0.05) is 30.3 Å². The third kappa shape index (κ3) is 2.55. The molecule has 1 aromatic carbocycles. The topological polar surface area (TPSA) is 51.0 Å². The largest absolute Gasteiger partial charge is 0.563 e. The van der Waals surface area contributed by atoms with Gasteiger partial charge in [-0.3, -0.25) is 0 Å². The molecule has 0 atom stereocenters. The molecule has 0 radical (unpaired) electrons. The first-order chi connectivity index (χ1) is 7.57. The molecule has 4 nitrogen and oxygen atoms in total. The van der Waals surface area contributed by atoms with Crippen molar-refractivity contribution in [1.29, 1.82) is 0 Å². The fourth-order valence-electron chi connectivity index (χ4n) is 1.39. The average Bonchev–Trinajstić information content (AvgIpc) is 2.59. The first-order valence-electron chi connectivity index (χ1n) is 5.19. The molecule has 1 aliphatic heterocycles. The Bertz CT molecular complexity index is 391. The molecule has 1 N–H and O–H groups in total. The minimum Gasteiger partial charge on any atom is -0.490 e. The minimum atomic E-state index is -1.03. The van der Waals surface area contributed by atoms with Gasteiger partial charge >= 0.3 is 13.2 Å². The van der Waals surface area contributed by atoms with Gasteiger partial charge in [0, 0.05) is 0 Å². The van der Waals surface area contributed by atoms with Gasteiger partial charge in [0.2, 0.25) is 0 Å². The van der Waals surface area contributed by atoms with Crippen molar-refractivity contribution >= 4 is 18.7 Å². The van der Waals surface area contributed by atoms with Crippen molar-refractivity contribution in [2.24, 2.45) is 4.99 Å². The van der Waals surface area contributed by atoms with Crippen LogP contribution >= 0.6 is 0 Å². The second-order valence-electron chi connectivity index (χ2n) is 4.36. The average molecular weight is 219 g/mol. The zero-order chi connectivity index (χ0) is 11.6. The van der Waals surface area contributed by atoms with Crippen LogP contribution < -0.4 is 5.46 Å². The van der Waals surface area contributed by atoms with E-state index in [1.54, 1.807) is 12.1 Å². The summed E-state index contributed by atoms with van der Waals surface area (Å²) >= 11 is 0. The van der Waals surface area contributed by atoms with Crippen molar-refractivity contribution < 1.29 is 14.4 Å². The molecule has 0 bridgehead atoms. The number of aliphatic imine (C=N–C) groups is 1. The molecule has 0 unspecified atom stereocenters. The van der Waals surface area contributed by atoms with Crippen LogP contribution in [0.15, 0.2) is 35.3 Å². The van der Waals surface area contributed by atoms with Crippen molar-refractivity contribution in [2.45, 2.75) is 19.4 Å². The lowest BCUT2D eigenvalue weighted by molar-refractivity contribution is 0.228. The molecule has 84 valence electrons. The fraction of sp³-hybridized carbons (Fsp3) is 0.364. The van der Waals surface area contributed by atoms with Crippen molar-refractivity contribution in [3.63, 3.8) is 0 Å². The number of nitrogens with zero attached hydrogens (tertiary/aromatic N) is 1. The second kappa shape index (κ2) is 4.18. The van der Waals surface area contributed by atoms with Crippen molar-refractivity contribution in [1.82, 2.24) is 0 Å². The van der Waals surface area contributed by atoms with Crippen LogP contribution in [-0.4, -0.2) is 30.4 Å². The SMILES string of the molecule is CC1(C)COC(OB(O)c2ccccc2)=N1.